The molecule has 0 spiro atoms. The van der Waals surface area contributed by atoms with Crippen molar-refractivity contribution < 1.29 is 14.2 Å². The Kier molecular flexibility index (Phi) is 6.43. The molecule has 4 nitrogen and oxygen atoms in total. The molecule has 0 fully saturated rings. The van der Waals surface area contributed by atoms with Crippen LogP contribution < -0.4 is 14.8 Å². The zero-order chi connectivity index (χ0) is 12.5. The number of benzene rings is 1. The number of nitrogens with one attached hydrogen (secondary N) is 1. The highest BCUT2D eigenvalue weighted by molar-refractivity contribution is 5.31. The number of hydrogen-bond acceptors (Lipinski definition) is 4. The van der Waals surface area contributed by atoms with Crippen LogP contribution in [0.25, 0.3) is 0 Å². The Morgan fingerprint density at radius 3 is 2.24 bits per heavy atom. The van der Waals surface area contributed by atoms with E-state index in [1.165, 1.54) is 0 Å². The van der Waals surface area contributed by atoms with Crippen LogP contribution in [0, 0.1) is 0 Å². The van der Waals surface area contributed by atoms with E-state index in [9.17, 15) is 0 Å². The summed E-state index contributed by atoms with van der Waals surface area (Å²) in [7, 11) is 3.34. The molecule has 0 saturated carbocycles. The van der Waals surface area contributed by atoms with Gasteiger partial charge < -0.3 is 19.5 Å². The average Bonchev–Trinajstić information content (AvgIpc) is 2.37. The van der Waals surface area contributed by atoms with Crippen LogP contribution in [0.15, 0.2) is 24.3 Å². The molecule has 1 unspecified atom stereocenters. The lowest BCUT2D eigenvalue weighted by molar-refractivity contribution is 0.137. The van der Waals surface area contributed by atoms with E-state index in [-0.39, 0.29) is 6.04 Å². The monoisotopic (exact) mass is 239 g/mol. The normalized spacial score (nSPS) is 12.2. The fourth-order valence-corrected chi connectivity index (χ4v) is 1.52. The summed E-state index contributed by atoms with van der Waals surface area (Å²) in [5.74, 6) is 1.67. The van der Waals surface area contributed by atoms with E-state index >= 15 is 0 Å². The number of rotatable bonds is 8. The molecule has 1 rings (SSSR count). The molecule has 0 aliphatic carbocycles. The van der Waals surface area contributed by atoms with E-state index in [1.54, 1.807) is 14.2 Å². The predicted octanol–water partition coefficient (Wildman–Crippen LogP) is 1.70. The molecule has 1 aromatic rings. The third kappa shape index (κ3) is 5.06. The van der Waals surface area contributed by atoms with Gasteiger partial charge in [0.05, 0.1) is 19.8 Å². The van der Waals surface area contributed by atoms with E-state index in [4.69, 9.17) is 14.2 Å². The maximum Gasteiger partial charge on any atom is 0.119 e. The summed E-state index contributed by atoms with van der Waals surface area (Å²) in [5, 5.41) is 3.30. The molecule has 0 bridgehead atoms. The number of likely N-dealkylation sites (N-methyl/N-ethyl adjacent to an activating group) is 1. The molecule has 0 aliphatic rings. The van der Waals surface area contributed by atoms with Crippen LogP contribution in [0.2, 0.25) is 0 Å². The van der Waals surface area contributed by atoms with Crippen LogP contribution in [-0.4, -0.2) is 40.0 Å². The van der Waals surface area contributed by atoms with Gasteiger partial charge in [-0.25, -0.2) is 0 Å². The quantitative estimate of drug-likeness (QED) is 0.749. The van der Waals surface area contributed by atoms with Crippen LogP contribution in [0.5, 0.6) is 11.5 Å². The second-order valence-electron chi connectivity index (χ2n) is 3.70. The Morgan fingerprint density at radius 1 is 1.06 bits per heavy atom. The zero-order valence-electron chi connectivity index (χ0n) is 10.7. The third-order valence-electron chi connectivity index (χ3n) is 2.37. The number of methoxy groups -OCH3 is 2. The van der Waals surface area contributed by atoms with Crippen molar-refractivity contribution in [2.45, 2.75) is 13.0 Å². The highest BCUT2D eigenvalue weighted by Crippen LogP contribution is 2.16. The summed E-state index contributed by atoms with van der Waals surface area (Å²) in [5.41, 5.74) is 0. The Labute approximate surface area is 103 Å². The van der Waals surface area contributed by atoms with Crippen LogP contribution in [0.1, 0.15) is 6.92 Å². The fraction of sp³-hybridized carbons (Fsp3) is 0.538. The van der Waals surface area contributed by atoms with Crippen LogP contribution >= 0.6 is 0 Å². The minimum Gasteiger partial charge on any atom is -0.497 e. The zero-order valence-corrected chi connectivity index (χ0v) is 10.7. The van der Waals surface area contributed by atoms with E-state index in [2.05, 4.69) is 12.2 Å². The van der Waals surface area contributed by atoms with Crippen LogP contribution in [-0.2, 0) is 4.74 Å². The minimum atomic E-state index is 0.215. The topological polar surface area (TPSA) is 39.7 Å². The highest BCUT2D eigenvalue weighted by atomic mass is 16.5. The summed E-state index contributed by atoms with van der Waals surface area (Å²) in [6.45, 7) is 4.20. The van der Waals surface area contributed by atoms with Crippen molar-refractivity contribution in [1.29, 1.82) is 0 Å². The molecule has 0 amide bonds. The van der Waals surface area contributed by atoms with Gasteiger partial charge in [0, 0.05) is 7.11 Å². The Morgan fingerprint density at radius 2 is 1.71 bits per heavy atom. The van der Waals surface area contributed by atoms with Crippen molar-refractivity contribution in [2.75, 3.05) is 34.0 Å². The molecule has 0 radical (unpaired) electrons. The van der Waals surface area contributed by atoms with Gasteiger partial charge in [0.1, 0.15) is 18.1 Å². The third-order valence-corrected chi connectivity index (χ3v) is 2.37. The van der Waals surface area contributed by atoms with Crippen molar-refractivity contribution in [3.8, 4) is 11.5 Å². The van der Waals surface area contributed by atoms with Crippen LogP contribution in [0.3, 0.4) is 0 Å². The van der Waals surface area contributed by atoms with Gasteiger partial charge in [0.15, 0.2) is 0 Å². The van der Waals surface area contributed by atoms with Crippen molar-refractivity contribution >= 4 is 0 Å². The molecular formula is C13H21NO3. The Hall–Kier alpha value is -1.26. The smallest absolute Gasteiger partial charge is 0.119 e. The van der Waals surface area contributed by atoms with Gasteiger partial charge in [-0.2, -0.15) is 0 Å². The molecule has 0 aromatic heterocycles. The first-order valence-corrected chi connectivity index (χ1v) is 5.79. The number of hydrogen-bond donors (Lipinski definition) is 1. The first-order chi connectivity index (χ1) is 8.30. The average molecular weight is 239 g/mol. The molecule has 1 atom stereocenters. The SMILES string of the molecule is CCNC(COC)COc1ccc(OC)cc1. The first kappa shape index (κ1) is 13.8. The molecule has 1 aromatic carbocycles. The van der Waals surface area contributed by atoms with Gasteiger partial charge in [-0.15, -0.1) is 0 Å². The summed E-state index contributed by atoms with van der Waals surface area (Å²) in [6, 6.07) is 7.78. The van der Waals surface area contributed by atoms with E-state index < -0.39 is 0 Å². The molecule has 4 heteroatoms. The maximum atomic E-state index is 5.67. The lowest BCUT2D eigenvalue weighted by atomic mass is 10.3. The molecular weight excluding hydrogens is 218 g/mol. The first-order valence-electron chi connectivity index (χ1n) is 5.79. The largest absolute Gasteiger partial charge is 0.497 e. The molecule has 1 N–H and O–H groups in total. The van der Waals surface area contributed by atoms with Crippen molar-refractivity contribution in [2.24, 2.45) is 0 Å². The van der Waals surface area contributed by atoms with Gasteiger partial charge in [-0.1, -0.05) is 6.92 Å². The number of ether oxygens (including phenoxy) is 3. The van der Waals surface area contributed by atoms with Crippen LogP contribution in [0.4, 0.5) is 0 Å². The highest BCUT2D eigenvalue weighted by Gasteiger charge is 2.07. The van der Waals surface area contributed by atoms with Crippen molar-refractivity contribution in [3.63, 3.8) is 0 Å². The predicted molar refractivity (Wildman–Crippen MR) is 67.8 cm³/mol. The maximum absolute atomic E-state index is 5.67. The van der Waals surface area contributed by atoms with Gasteiger partial charge in [0.2, 0.25) is 0 Å². The van der Waals surface area contributed by atoms with Crippen molar-refractivity contribution in [3.05, 3.63) is 24.3 Å². The molecule has 0 heterocycles. The van der Waals surface area contributed by atoms with E-state index in [1.807, 2.05) is 24.3 Å². The van der Waals surface area contributed by atoms with Gasteiger partial charge in [-0.3, -0.25) is 0 Å². The molecule has 0 saturated heterocycles. The molecule has 17 heavy (non-hydrogen) atoms. The standard InChI is InChI=1S/C13H21NO3/c1-4-14-11(9-15-2)10-17-13-7-5-12(16-3)6-8-13/h5-8,11,14H,4,9-10H2,1-3H3. The van der Waals surface area contributed by atoms with Gasteiger partial charge >= 0.3 is 0 Å². The fourth-order valence-electron chi connectivity index (χ4n) is 1.52. The lowest BCUT2D eigenvalue weighted by Gasteiger charge is -2.17. The van der Waals surface area contributed by atoms with Gasteiger partial charge in [0.25, 0.3) is 0 Å². The summed E-state index contributed by atoms with van der Waals surface area (Å²) in [4.78, 5) is 0. The Bertz CT molecular complexity index is 294. The van der Waals surface area contributed by atoms with Gasteiger partial charge in [-0.05, 0) is 30.8 Å². The second-order valence-corrected chi connectivity index (χ2v) is 3.70. The minimum absolute atomic E-state index is 0.215. The second kappa shape index (κ2) is 7.92. The Balaban J connectivity index is 2.41. The van der Waals surface area contributed by atoms with Crippen molar-refractivity contribution in [1.82, 2.24) is 5.32 Å². The lowest BCUT2D eigenvalue weighted by Crippen LogP contribution is -2.38. The summed E-state index contributed by atoms with van der Waals surface area (Å²) < 4.78 is 15.9. The van der Waals surface area contributed by atoms with E-state index in [0.717, 1.165) is 18.0 Å². The molecule has 0 aliphatic heterocycles. The summed E-state index contributed by atoms with van der Waals surface area (Å²) in [6.07, 6.45) is 0. The summed E-state index contributed by atoms with van der Waals surface area (Å²) >= 11 is 0. The molecule has 96 valence electrons. The van der Waals surface area contributed by atoms with E-state index in [0.29, 0.717) is 13.2 Å².